The van der Waals surface area contributed by atoms with Gasteiger partial charge in [-0.2, -0.15) is 5.10 Å². The first-order valence-electron chi connectivity index (χ1n) is 7.92. The van der Waals surface area contributed by atoms with Gasteiger partial charge in [0.15, 0.2) is 0 Å². The molecule has 0 fully saturated rings. The van der Waals surface area contributed by atoms with Gasteiger partial charge in [0.05, 0.1) is 5.69 Å². The van der Waals surface area contributed by atoms with Gasteiger partial charge >= 0.3 is 0 Å². The Labute approximate surface area is 155 Å². The second-order valence-electron chi connectivity index (χ2n) is 5.53. The van der Waals surface area contributed by atoms with Crippen LogP contribution in [0.3, 0.4) is 0 Å². The molecule has 26 heavy (non-hydrogen) atoms. The SMILES string of the molecule is O=C(NCC(O)COc1ccc(Cl)cc1)c1cc(-c2ccncc2)n[nH]1. The van der Waals surface area contributed by atoms with Crippen LogP contribution in [0.2, 0.25) is 5.02 Å². The van der Waals surface area contributed by atoms with E-state index in [0.29, 0.717) is 22.2 Å². The smallest absolute Gasteiger partial charge is 0.269 e. The number of nitrogens with one attached hydrogen (secondary N) is 2. The van der Waals surface area contributed by atoms with Gasteiger partial charge in [-0.05, 0) is 42.5 Å². The lowest BCUT2D eigenvalue weighted by atomic mass is 10.2. The van der Waals surface area contributed by atoms with Crippen LogP contribution in [0.5, 0.6) is 5.75 Å². The van der Waals surface area contributed by atoms with Crippen LogP contribution in [-0.2, 0) is 0 Å². The van der Waals surface area contributed by atoms with Crippen LogP contribution in [-0.4, -0.2) is 45.5 Å². The Kier molecular flexibility index (Phi) is 5.83. The second kappa shape index (κ2) is 8.46. The summed E-state index contributed by atoms with van der Waals surface area (Å²) >= 11 is 5.79. The minimum absolute atomic E-state index is 0.0488. The van der Waals surface area contributed by atoms with E-state index in [-0.39, 0.29) is 19.1 Å². The molecule has 3 N–H and O–H groups in total. The highest BCUT2D eigenvalue weighted by molar-refractivity contribution is 6.30. The topological polar surface area (TPSA) is 100 Å². The Hall–Kier alpha value is -2.90. The zero-order valence-electron chi connectivity index (χ0n) is 13.7. The van der Waals surface area contributed by atoms with Crippen LogP contribution < -0.4 is 10.1 Å². The lowest BCUT2D eigenvalue weighted by Crippen LogP contribution is -2.35. The summed E-state index contributed by atoms with van der Waals surface area (Å²) in [5.74, 6) is 0.235. The van der Waals surface area contributed by atoms with E-state index in [1.165, 1.54) is 0 Å². The lowest BCUT2D eigenvalue weighted by Gasteiger charge is -2.13. The maximum absolute atomic E-state index is 12.1. The number of hydrogen-bond donors (Lipinski definition) is 3. The van der Waals surface area contributed by atoms with Gasteiger partial charge in [-0.25, -0.2) is 0 Å². The molecule has 2 heterocycles. The van der Waals surface area contributed by atoms with Gasteiger partial charge in [0, 0.05) is 29.5 Å². The van der Waals surface area contributed by atoms with Crippen LogP contribution in [0, 0.1) is 0 Å². The number of halogens is 1. The summed E-state index contributed by atoms with van der Waals surface area (Å²) < 4.78 is 5.44. The van der Waals surface area contributed by atoms with Crippen molar-refractivity contribution in [1.29, 1.82) is 0 Å². The number of H-pyrrole nitrogens is 1. The van der Waals surface area contributed by atoms with Gasteiger partial charge in [0.25, 0.3) is 5.91 Å². The number of aromatic nitrogens is 3. The summed E-state index contributed by atoms with van der Waals surface area (Å²) in [5.41, 5.74) is 1.80. The van der Waals surface area contributed by atoms with E-state index < -0.39 is 6.10 Å². The van der Waals surface area contributed by atoms with Crippen molar-refractivity contribution in [3.05, 3.63) is 65.6 Å². The molecule has 0 aliphatic carbocycles. The highest BCUT2D eigenvalue weighted by Gasteiger charge is 2.13. The Morgan fingerprint density at radius 3 is 2.69 bits per heavy atom. The molecule has 0 saturated carbocycles. The van der Waals surface area contributed by atoms with Crippen molar-refractivity contribution in [2.45, 2.75) is 6.10 Å². The van der Waals surface area contributed by atoms with E-state index in [1.807, 2.05) is 0 Å². The molecule has 1 atom stereocenters. The summed E-state index contributed by atoms with van der Waals surface area (Å²) in [6, 6.07) is 12.1. The fourth-order valence-electron chi connectivity index (χ4n) is 2.20. The molecule has 1 unspecified atom stereocenters. The van der Waals surface area contributed by atoms with Crippen molar-refractivity contribution >= 4 is 17.5 Å². The lowest BCUT2D eigenvalue weighted by molar-refractivity contribution is 0.0840. The molecule has 0 aliphatic heterocycles. The number of aliphatic hydroxyl groups excluding tert-OH is 1. The number of aliphatic hydroxyl groups is 1. The third kappa shape index (κ3) is 4.81. The number of carbonyl (C=O) groups excluding carboxylic acids is 1. The maximum atomic E-state index is 12.1. The van der Waals surface area contributed by atoms with Crippen molar-refractivity contribution in [2.75, 3.05) is 13.2 Å². The number of aromatic amines is 1. The molecular weight excluding hydrogens is 356 g/mol. The van der Waals surface area contributed by atoms with Crippen LogP contribution in [0.4, 0.5) is 0 Å². The highest BCUT2D eigenvalue weighted by atomic mass is 35.5. The molecule has 1 amide bonds. The minimum atomic E-state index is -0.850. The number of rotatable bonds is 7. The molecule has 0 radical (unpaired) electrons. The number of hydrogen-bond acceptors (Lipinski definition) is 5. The number of pyridine rings is 1. The van der Waals surface area contributed by atoms with Crippen molar-refractivity contribution in [1.82, 2.24) is 20.5 Å². The average Bonchev–Trinajstić information content (AvgIpc) is 3.17. The summed E-state index contributed by atoms with van der Waals surface area (Å²) in [6.07, 6.45) is 2.46. The zero-order chi connectivity index (χ0) is 18.4. The molecule has 3 rings (SSSR count). The van der Waals surface area contributed by atoms with Crippen LogP contribution in [0.25, 0.3) is 11.3 Å². The minimum Gasteiger partial charge on any atom is -0.491 e. The number of amides is 1. The molecule has 0 spiro atoms. The number of benzene rings is 1. The van der Waals surface area contributed by atoms with E-state index in [2.05, 4.69) is 20.5 Å². The van der Waals surface area contributed by atoms with E-state index >= 15 is 0 Å². The van der Waals surface area contributed by atoms with Crippen molar-refractivity contribution in [3.63, 3.8) is 0 Å². The van der Waals surface area contributed by atoms with Gasteiger partial charge < -0.3 is 15.2 Å². The standard InChI is InChI=1S/C18H17ClN4O3/c19-13-1-3-15(4-2-13)26-11-14(24)10-21-18(25)17-9-16(22-23-17)12-5-7-20-8-6-12/h1-9,14,24H,10-11H2,(H,21,25)(H,22,23). The van der Waals surface area contributed by atoms with Crippen molar-refractivity contribution in [2.24, 2.45) is 0 Å². The van der Waals surface area contributed by atoms with Crippen LogP contribution in [0.15, 0.2) is 54.9 Å². The zero-order valence-corrected chi connectivity index (χ0v) is 14.5. The Bertz CT molecular complexity index is 852. The van der Waals surface area contributed by atoms with E-state index in [4.69, 9.17) is 16.3 Å². The maximum Gasteiger partial charge on any atom is 0.269 e. The summed E-state index contributed by atoms with van der Waals surface area (Å²) in [7, 11) is 0. The van der Waals surface area contributed by atoms with E-state index in [0.717, 1.165) is 5.56 Å². The van der Waals surface area contributed by atoms with Gasteiger partial charge in [-0.15, -0.1) is 0 Å². The first kappa shape index (κ1) is 17.9. The monoisotopic (exact) mass is 372 g/mol. The summed E-state index contributed by atoms with van der Waals surface area (Å²) in [6.45, 7) is 0.100. The molecule has 0 aliphatic rings. The van der Waals surface area contributed by atoms with Crippen LogP contribution in [0.1, 0.15) is 10.5 Å². The first-order valence-corrected chi connectivity index (χ1v) is 8.30. The highest BCUT2D eigenvalue weighted by Crippen LogP contribution is 2.16. The number of ether oxygens (including phenoxy) is 1. The second-order valence-corrected chi connectivity index (χ2v) is 5.97. The number of carbonyl (C=O) groups is 1. The Morgan fingerprint density at radius 1 is 1.23 bits per heavy atom. The molecule has 8 heteroatoms. The first-order chi connectivity index (χ1) is 12.6. The molecule has 134 valence electrons. The summed E-state index contributed by atoms with van der Waals surface area (Å²) in [5, 5.41) is 20.0. The molecule has 7 nitrogen and oxygen atoms in total. The van der Waals surface area contributed by atoms with Gasteiger partial charge in [0.2, 0.25) is 0 Å². The van der Waals surface area contributed by atoms with Gasteiger partial charge in [0.1, 0.15) is 24.2 Å². The van der Waals surface area contributed by atoms with E-state index in [9.17, 15) is 9.90 Å². The summed E-state index contributed by atoms with van der Waals surface area (Å²) in [4.78, 5) is 16.1. The number of nitrogens with zero attached hydrogens (tertiary/aromatic N) is 2. The fourth-order valence-corrected chi connectivity index (χ4v) is 2.32. The van der Waals surface area contributed by atoms with Crippen molar-refractivity contribution < 1.29 is 14.6 Å². The van der Waals surface area contributed by atoms with E-state index in [1.54, 1.807) is 54.9 Å². The van der Waals surface area contributed by atoms with Gasteiger partial charge in [-0.1, -0.05) is 11.6 Å². The third-order valence-electron chi connectivity index (χ3n) is 3.55. The molecular formula is C18H17ClN4O3. The Balaban J connectivity index is 1.47. The molecule has 1 aromatic carbocycles. The quantitative estimate of drug-likeness (QED) is 0.591. The third-order valence-corrected chi connectivity index (χ3v) is 3.80. The largest absolute Gasteiger partial charge is 0.491 e. The molecule has 3 aromatic rings. The molecule has 2 aromatic heterocycles. The van der Waals surface area contributed by atoms with Gasteiger partial charge in [-0.3, -0.25) is 14.9 Å². The van der Waals surface area contributed by atoms with Crippen molar-refractivity contribution in [3.8, 4) is 17.0 Å². The predicted molar refractivity (Wildman–Crippen MR) is 97.1 cm³/mol. The molecule has 0 bridgehead atoms. The molecule has 0 saturated heterocycles. The average molecular weight is 373 g/mol. The predicted octanol–water partition coefficient (Wildman–Crippen LogP) is 2.29. The normalized spacial score (nSPS) is 11.8. The van der Waals surface area contributed by atoms with Crippen LogP contribution >= 0.6 is 11.6 Å². The Morgan fingerprint density at radius 2 is 1.96 bits per heavy atom. The fraction of sp³-hybridized carbons (Fsp3) is 0.167.